The van der Waals surface area contributed by atoms with Crippen LogP contribution >= 0.6 is 11.6 Å². The lowest BCUT2D eigenvalue weighted by atomic mass is 9.80. The number of pyridine rings is 1. The summed E-state index contributed by atoms with van der Waals surface area (Å²) in [6.45, 7) is 0. The Hall–Kier alpha value is -1.57. The summed E-state index contributed by atoms with van der Waals surface area (Å²) in [4.78, 5) is 3.77. The number of benzene rings is 1. The molecule has 0 fully saturated rings. The van der Waals surface area contributed by atoms with E-state index in [9.17, 15) is 13.2 Å². The van der Waals surface area contributed by atoms with Crippen LogP contribution in [0.15, 0.2) is 36.5 Å². The zero-order chi connectivity index (χ0) is 14.9. The monoisotopic (exact) mass is 301 g/mol. The van der Waals surface area contributed by atoms with Gasteiger partial charge in [0.25, 0.3) is 0 Å². The summed E-state index contributed by atoms with van der Waals surface area (Å²) >= 11 is 5.87. The van der Waals surface area contributed by atoms with E-state index in [4.69, 9.17) is 21.6 Å². The Morgan fingerprint density at radius 1 is 1.10 bits per heavy atom. The molecule has 0 unspecified atom stereocenters. The van der Waals surface area contributed by atoms with Crippen LogP contribution in [0.25, 0.3) is 11.1 Å². The van der Waals surface area contributed by atoms with E-state index in [2.05, 4.69) is 4.98 Å². The topological polar surface area (TPSA) is 53.4 Å². The smallest absolute Gasteiger partial charge is 0.423 e. The number of rotatable bonds is 2. The molecule has 0 atom stereocenters. The largest absolute Gasteiger partial charge is 0.490 e. The van der Waals surface area contributed by atoms with Crippen LogP contribution in [0.1, 0.15) is 5.56 Å². The van der Waals surface area contributed by atoms with Crippen molar-refractivity contribution < 1.29 is 23.2 Å². The van der Waals surface area contributed by atoms with Gasteiger partial charge in [0.2, 0.25) is 0 Å². The van der Waals surface area contributed by atoms with Crippen LogP contribution in [-0.2, 0) is 6.18 Å². The first-order valence-corrected chi connectivity index (χ1v) is 5.86. The van der Waals surface area contributed by atoms with Crippen molar-refractivity contribution in [3.8, 4) is 11.1 Å². The minimum atomic E-state index is -4.41. The van der Waals surface area contributed by atoms with Gasteiger partial charge in [-0.1, -0.05) is 23.7 Å². The summed E-state index contributed by atoms with van der Waals surface area (Å²) in [6.07, 6.45) is -3.23. The van der Waals surface area contributed by atoms with E-state index in [0.29, 0.717) is 11.1 Å². The Bertz CT molecular complexity index is 617. The van der Waals surface area contributed by atoms with Crippen LogP contribution in [0, 0.1) is 0 Å². The molecule has 3 nitrogen and oxygen atoms in total. The Balaban J connectivity index is 2.44. The van der Waals surface area contributed by atoms with Crippen molar-refractivity contribution in [1.29, 1.82) is 0 Å². The molecule has 104 valence electrons. The van der Waals surface area contributed by atoms with Gasteiger partial charge >= 0.3 is 13.3 Å². The average molecular weight is 301 g/mol. The van der Waals surface area contributed by atoms with E-state index in [0.717, 1.165) is 12.1 Å². The summed E-state index contributed by atoms with van der Waals surface area (Å²) in [5.41, 5.74) is 0.0527. The van der Waals surface area contributed by atoms with E-state index >= 15 is 0 Å². The highest BCUT2D eigenvalue weighted by molar-refractivity contribution is 6.58. The van der Waals surface area contributed by atoms with E-state index in [1.165, 1.54) is 24.4 Å². The van der Waals surface area contributed by atoms with Crippen LogP contribution in [0.4, 0.5) is 13.2 Å². The van der Waals surface area contributed by atoms with Crippen molar-refractivity contribution in [2.24, 2.45) is 0 Å². The van der Waals surface area contributed by atoms with Gasteiger partial charge in [-0.05, 0) is 23.8 Å². The van der Waals surface area contributed by atoms with Gasteiger partial charge in [-0.2, -0.15) is 13.2 Å². The molecule has 1 aromatic carbocycles. The Morgan fingerprint density at radius 2 is 1.70 bits per heavy atom. The zero-order valence-electron chi connectivity index (χ0n) is 9.89. The maximum Gasteiger partial charge on any atom is 0.490 e. The van der Waals surface area contributed by atoms with Crippen molar-refractivity contribution in [2.45, 2.75) is 6.18 Å². The summed E-state index contributed by atoms with van der Waals surface area (Å²) in [5, 5.41) is 18.2. The first-order valence-electron chi connectivity index (χ1n) is 5.48. The normalized spacial score (nSPS) is 11.5. The predicted octanol–water partition coefficient (Wildman–Crippen LogP) is 2.10. The van der Waals surface area contributed by atoms with Gasteiger partial charge in [0.05, 0.1) is 5.56 Å². The molecule has 2 rings (SSSR count). The molecule has 0 saturated carbocycles. The molecule has 0 bridgehead atoms. The van der Waals surface area contributed by atoms with Gasteiger partial charge in [-0.15, -0.1) is 0 Å². The van der Waals surface area contributed by atoms with Crippen molar-refractivity contribution in [1.82, 2.24) is 4.98 Å². The van der Waals surface area contributed by atoms with Crippen molar-refractivity contribution >= 4 is 24.2 Å². The summed E-state index contributed by atoms with van der Waals surface area (Å²) in [7, 11) is -1.73. The van der Waals surface area contributed by atoms with Crippen molar-refractivity contribution in [3.05, 3.63) is 47.2 Å². The lowest BCUT2D eigenvalue weighted by Gasteiger charge is -2.09. The third kappa shape index (κ3) is 3.12. The molecule has 20 heavy (non-hydrogen) atoms. The molecule has 0 spiro atoms. The highest BCUT2D eigenvalue weighted by Crippen LogP contribution is 2.32. The summed E-state index contributed by atoms with van der Waals surface area (Å²) in [6, 6.07) is 5.71. The lowest BCUT2D eigenvalue weighted by Crippen LogP contribution is -2.30. The lowest BCUT2D eigenvalue weighted by molar-refractivity contribution is -0.137. The molecule has 0 aliphatic rings. The van der Waals surface area contributed by atoms with Gasteiger partial charge < -0.3 is 10.0 Å². The molecule has 2 aromatic rings. The molecule has 0 aliphatic carbocycles. The fourth-order valence-electron chi connectivity index (χ4n) is 1.65. The highest BCUT2D eigenvalue weighted by Gasteiger charge is 2.30. The number of alkyl halides is 3. The van der Waals surface area contributed by atoms with Crippen LogP contribution in [0.2, 0.25) is 5.15 Å². The van der Waals surface area contributed by atoms with Crippen molar-refractivity contribution in [3.63, 3.8) is 0 Å². The molecule has 8 heteroatoms. The van der Waals surface area contributed by atoms with Crippen LogP contribution in [-0.4, -0.2) is 22.2 Å². The third-order valence-corrected chi connectivity index (χ3v) is 2.98. The number of hydrogen-bond donors (Lipinski definition) is 2. The standard InChI is InChI=1S/C12H8BClF3NO2/c14-11-10(5-9(6-18-11)13(19)20)7-1-3-8(4-2-7)12(15,16)17/h1-6,19-20H. The average Bonchev–Trinajstić information content (AvgIpc) is 2.38. The third-order valence-electron chi connectivity index (χ3n) is 2.68. The molecule has 0 saturated heterocycles. The second-order valence-electron chi connectivity index (χ2n) is 4.06. The maximum absolute atomic E-state index is 12.5. The first-order chi connectivity index (χ1) is 9.29. The quantitative estimate of drug-likeness (QED) is 0.660. The summed E-state index contributed by atoms with van der Waals surface area (Å²) in [5.74, 6) is 0. The van der Waals surface area contributed by atoms with Gasteiger partial charge in [-0.25, -0.2) is 4.98 Å². The van der Waals surface area contributed by atoms with E-state index in [1.807, 2.05) is 0 Å². The van der Waals surface area contributed by atoms with E-state index < -0.39 is 18.9 Å². The SMILES string of the molecule is OB(O)c1cnc(Cl)c(-c2ccc(C(F)(F)F)cc2)c1. The molecule has 1 aromatic heterocycles. The minimum Gasteiger partial charge on any atom is -0.423 e. The molecular formula is C12H8BClF3NO2. The fourth-order valence-corrected chi connectivity index (χ4v) is 1.86. The Kier molecular flexibility index (Phi) is 4.03. The van der Waals surface area contributed by atoms with E-state index in [-0.39, 0.29) is 10.6 Å². The molecule has 0 radical (unpaired) electrons. The minimum absolute atomic E-state index is 0.0640. The molecular weight excluding hydrogens is 293 g/mol. The molecule has 0 aliphatic heterocycles. The second kappa shape index (κ2) is 5.44. The zero-order valence-corrected chi connectivity index (χ0v) is 10.7. The Labute approximate surface area is 117 Å². The number of halogens is 4. The summed E-state index contributed by atoms with van der Waals surface area (Å²) < 4.78 is 37.4. The first kappa shape index (κ1) is 14.8. The van der Waals surface area contributed by atoms with Gasteiger partial charge in [0, 0.05) is 17.2 Å². The van der Waals surface area contributed by atoms with E-state index in [1.54, 1.807) is 0 Å². The van der Waals surface area contributed by atoms with Crippen LogP contribution < -0.4 is 5.46 Å². The molecule has 0 amide bonds. The fraction of sp³-hybridized carbons (Fsp3) is 0.0833. The van der Waals surface area contributed by atoms with Gasteiger partial charge in [0.15, 0.2) is 0 Å². The number of aromatic nitrogens is 1. The molecule has 1 heterocycles. The second-order valence-corrected chi connectivity index (χ2v) is 4.41. The van der Waals surface area contributed by atoms with Crippen molar-refractivity contribution in [2.75, 3.05) is 0 Å². The predicted molar refractivity (Wildman–Crippen MR) is 69.5 cm³/mol. The Morgan fingerprint density at radius 3 is 2.20 bits per heavy atom. The highest BCUT2D eigenvalue weighted by atomic mass is 35.5. The van der Waals surface area contributed by atoms with Crippen LogP contribution in [0.3, 0.4) is 0 Å². The maximum atomic E-state index is 12.5. The van der Waals surface area contributed by atoms with Gasteiger partial charge in [-0.3, -0.25) is 0 Å². The number of nitrogens with zero attached hydrogens (tertiary/aromatic N) is 1. The number of hydrogen-bond acceptors (Lipinski definition) is 3. The van der Waals surface area contributed by atoms with Crippen LogP contribution in [0.5, 0.6) is 0 Å². The molecule has 2 N–H and O–H groups in total. The van der Waals surface area contributed by atoms with Gasteiger partial charge in [0.1, 0.15) is 5.15 Å².